The highest BCUT2D eigenvalue weighted by molar-refractivity contribution is 7.13. The molecule has 1 saturated heterocycles. The van der Waals surface area contributed by atoms with Crippen molar-refractivity contribution < 1.29 is 14.3 Å². The van der Waals surface area contributed by atoms with Crippen LogP contribution in [0.25, 0.3) is 21.6 Å². The number of rotatable bonds is 6. The molecule has 0 radical (unpaired) electrons. The largest absolute Gasteiger partial charge is 0.383 e. The maximum absolute atomic E-state index is 13.0. The zero-order valence-corrected chi connectivity index (χ0v) is 18.4. The number of thiazole rings is 1. The predicted molar refractivity (Wildman–Crippen MR) is 120 cm³/mol. The van der Waals surface area contributed by atoms with E-state index in [1.54, 1.807) is 7.11 Å². The van der Waals surface area contributed by atoms with Crippen molar-refractivity contribution in [2.75, 3.05) is 39.9 Å². The zero-order valence-electron chi connectivity index (χ0n) is 17.6. The van der Waals surface area contributed by atoms with E-state index >= 15 is 0 Å². The lowest BCUT2D eigenvalue weighted by molar-refractivity contribution is -0.134. The molecule has 0 unspecified atom stereocenters. The molecule has 2 aromatic heterocycles. The Balaban J connectivity index is 1.33. The predicted octanol–water partition coefficient (Wildman–Crippen LogP) is 3.11. The molecule has 0 spiro atoms. The molecular formula is C23H26N4O3S. The second kappa shape index (κ2) is 8.43. The second-order valence-electron chi connectivity index (χ2n) is 8.16. The van der Waals surface area contributed by atoms with Crippen LogP contribution in [0, 0.1) is 5.92 Å². The minimum Gasteiger partial charge on any atom is -0.383 e. The van der Waals surface area contributed by atoms with Crippen LogP contribution in [0.2, 0.25) is 0 Å². The average molecular weight is 439 g/mol. The van der Waals surface area contributed by atoms with Gasteiger partial charge in [0.1, 0.15) is 10.7 Å². The van der Waals surface area contributed by atoms with Crippen molar-refractivity contribution >= 4 is 34.1 Å². The lowest BCUT2D eigenvalue weighted by atomic mass is 10.2. The number of aromatic nitrogens is 2. The van der Waals surface area contributed by atoms with Crippen molar-refractivity contribution in [3.05, 3.63) is 41.4 Å². The van der Waals surface area contributed by atoms with Crippen molar-refractivity contribution in [2.24, 2.45) is 5.92 Å². The molecule has 162 valence electrons. The molecule has 1 saturated carbocycles. The third-order valence-electron chi connectivity index (χ3n) is 6.08. The van der Waals surface area contributed by atoms with Crippen LogP contribution >= 0.6 is 11.3 Å². The molecule has 8 heteroatoms. The first-order valence-corrected chi connectivity index (χ1v) is 11.6. The molecule has 2 fully saturated rings. The molecule has 0 bridgehead atoms. The molecule has 2 amide bonds. The van der Waals surface area contributed by atoms with Crippen LogP contribution in [0.3, 0.4) is 0 Å². The van der Waals surface area contributed by atoms with Crippen molar-refractivity contribution in [3.63, 3.8) is 0 Å². The van der Waals surface area contributed by atoms with Gasteiger partial charge in [-0.15, -0.1) is 11.3 Å². The number of para-hydroxylation sites is 1. The number of hydrogen-bond donors (Lipinski definition) is 0. The highest BCUT2D eigenvalue weighted by atomic mass is 32.1. The van der Waals surface area contributed by atoms with Crippen molar-refractivity contribution in [2.45, 2.75) is 19.4 Å². The second-order valence-corrected chi connectivity index (χ2v) is 9.02. The minimum absolute atomic E-state index is 0.0550. The number of piperazine rings is 1. The van der Waals surface area contributed by atoms with Gasteiger partial charge in [0, 0.05) is 62.0 Å². The Bertz CT molecular complexity index is 1110. The first-order valence-electron chi connectivity index (χ1n) is 10.8. The lowest BCUT2D eigenvalue weighted by Crippen LogP contribution is -2.51. The quantitative estimate of drug-likeness (QED) is 0.593. The first kappa shape index (κ1) is 20.2. The van der Waals surface area contributed by atoms with Crippen LogP contribution in [-0.4, -0.2) is 71.1 Å². The summed E-state index contributed by atoms with van der Waals surface area (Å²) in [7, 11) is 1.70. The number of carbonyl (C=O) groups is 2. The molecule has 0 N–H and O–H groups in total. The Labute approximate surface area is 185 Å². The molecule has 2 aliphatic rings. The van der Waals surface area contributed by atoms with E-state index in [-0.39, 0.29) is 17.7 Å². The van der Waals surface area contributed by atoms with Crippen LogP contribution in [0.15, 0.2) is 35.7 Å². The summed E-state index contributed by atoms with van der Waals surface area (Å²) in [6.45, 7) is 3.69. The van der Waals surface area contributed by atoms with Gasteiger partial charge < -0.3 is 19.1 Å². The Morgan fingerprint density at radius 2 is 1.87 bits per heavy atom. The standard InChI is InChI=1S/C23H26N4O3S/c1-30-13-12-27-19-5-3-2-4-17(19)14-20(27)21-24-18(15-31-21)23(29)26-10-8-25(9-11-26)22(28)16-6-7-16/h2-5,14-16H,6-13H2,1H3. The van der Waals surface area contributed by atoms with Gasteiger partial charge in [-0.25, -0.2) is 4.98 Å². The Morgan fingerprint density at radius 1 is 1.13 bits per heavy atom. The fraction of sp³-hybridized carbons (Fsp3) is 0.435. The van der Waals surface area contributed by atoms with Crippen LogP contribution in [0.1, 0.15) is 23.3 Å². The number of ether oxygens (including phenoxy) is 1. The van der Waals surface area contributed by atoms with E-state index in [2.05, 4.69) is 22.8 Å². The van der Waals surface area contributed by atoms with Gasteiger partial charge >= 0.3 is 0 Å². The van der Waals surface area contributed by atoms with E-state index in [0.29, 0.717) is 38.5 Å². The Hall–Kier alpha value is -2.71. The molecule has 31 heavy (non-hydrogen) atoms. The number of methoxy groups -OCH3 is 1. The van der Waals surface area contributed by atoms with Gasteiger partial charge in [-0.3, -0.25) is 9.59 Å². The van der Waals surface area contributed by atoms with Crippen molar-refractivity contribution in [1.82, 2.24) is 19.4 Å². The molecule has 1 aliphatic heterocycles. The van der Waals surface area contributed by atoms with E-state index in [1.165, 1.54) is 11.3 Å². The van der Waals surface area contributed by atoms with Gasteiger partial charge in [0.15, 0.2) is 0 Å². The highest BCUT2D eigenvalue weighted by Gasteiger charge is 2.35. The SMILES string of the molecule is COCCn1c(-c2nc(C(=O)N3CCN(C(=O)C4CC4)CC3)cs2)cc2ccccc21. The van der Waals surface area contributed by atoms with Crippen molar-refractivity contribution in [3.8, 4) is 10.7 Å². The van der Waals surface area contributed by atoms with Gasteiger partial charge in [0.05, 0.1) is 12.3 Å². The topological polar surface area (TPSA) is 67.7 Å². The molecular weight excluding hydrogens is 412 g/mol. The highest BCUT2D eigenvalue weighted by Crippen LogP contribution is 2.32. The van der Waals surface area contributed by atoms with E-state index in [1.807, 2.05) is 27.3 Å². The summed E-state index contributed by atoms with van der Waals surface area (Å²) in [5.74, 6) is 0.431. The Morgan fingerprint density at radius 3 is 2.61 bits per heavy atom. The van der Waals surface area contributed by atoms with Crippen LogP contribution in [0.4, 0.5) is 0 Å². The number of fused-ring (bicyclic) bond motifs is 1. The smallest absolute Gasteiger partial charge is 0.273 e. The van der Waals surface area contributed by atoms with Gasteiger partial charge in [0.2, 0.25) is 5.91 Å². The monoisotopic (exact) mass is 438 g/mol. The summed E-state index contributed by atoms with van der Waals surface area (Å²) < 4.78 is 7.50. The number of nitrogens with zero attached hydrogens (tertiary/aromatic N) is 4. The van der Waals surface area contributed by atoms with Crippen LogP contribution in [0.5, 0.6) is 0 Å². The van der Waals surface area contributed by atoms with Crippen LogP contribution in [-0.2, 0) is 16.1 Å². The van der Waals surface area contributed by atoms with E-state index in [9.17, 15) is 9.59 Å². The number of hydrogen-bond acceptors (Lipinski definition) is 5. The molecule has 3 aromatic rings. The molecule has 3 heterocycles. The number of carbonyl (C=O) groups excluding carboxylic acids is 2. The summed E-state index contributed by atoms with van der Waals surface area (Å²) in [4.78, 5) is 33.7. The molecule has 0 atom stereocenters. The summed E-state index contributed by atoms with van der Waals surface area (Å²) in [5, 5.41) is 3.82. The maximum Gasteiger partial charge on any atom is 0.273 e. The van der Waals surface area contributed by atoms with Gasteiger partial charge in [-0.2, -0.15) is 0 Å². The van der Waals surface area contributed by atoms with Gasteiger partial charge in [-0.05, 0) is 25.0 Å². The molecule has 1 aliphatic carbocycles. The normalized spacial score (nSPS) is 16.8. The summed E-state index contributed by atoms with van der Waals surface area (Å²) in [6, 6.07) is 10.4. The third-order valence-corrected chi connectivity index (χ3v) is 6.94. The van der Waals surface area contributed by atoms with E-state index in [4.69, 9.17) is 9.72 Å². The number of benzene rings is 1. The lowest BCUT2D eigenvalue weighted by Gasteiger charge is -2.34. The van der Waals surface area contributed by atoms with Gasteiger partial charge in [0.25, 0.3) is 5.91 Å². The van der Waals surface area contributed by atoms with E-state index < -0.39 is 0 Å². The third kappa shape index (κ3) is 3.97. The van der Waals surface area contributed by atoms with E-state index in [0.717, 1.165) is 41.0 Å². The minimum atomic E-state index is -0.0550. The summed E-state index contributed by atoms with van der Waals surface area (Å²) in [6.07, 6.45) is 2.03. The molecule has 1 aromatic carbocycles. The van der Waals surface area contributed by atoms with Gasteiger partial charge in [-0.1, -0.05) is 18.2 Å². The first-order chi connectivity index (χ1) is 15.2. The fourth-order valence-corrected chi connectivity index (χ4v) is 5.00. The summed E-state index contributed by atoms with van der Waals surface area (Å²) in [5.41, 5.74) is 2.61. The summed E-state index contributed by atoms with van der Waals surface area (Å²) >= 11 is 1.49. The van der Waals surface area contributed by atoms with Crippen molar-refractivity contribution in [1.29, 1.82) is 0 Å². The molecule has 5 rings (SSSR count). The maximum atomic E-state index is 13.0. The zero-order chi connectivity index (χ0) is 21.4. The average Bonchev–Trinajstić information content (AvgIpc) is 3.43. The van der Waals surface area contributed by atoms with Crippen LogP contribution < -0.4 is 0 Å². The molecule has 7 nitrogen and oxygen atoms in total. The number of amides is 2. The Kier molecular flexibility index (Phi) is 5.50. The fourth-order valence-electron chi connectivity index (χ4n) is 4.18.